The Kier molecular flexibility index (Phi) is 4.52. The van der Waals surface area contributed by atoms with Gasteiger partial charge in [-0.3, -0.25) is 0 Å². The number of aliphatic hydroxyl groups is 1. The molecule has 0 aliphatic carbocycles. The van der Waals surface area contributed by atoms with E-state index in [0.29, 0.717) is 13.2 Å². The van der Waals surface area contributed by atoms with Crippen molar-refractivity contribution in [1.29, 1.82) is 0 Å². The minimum atomic E-state index is -0.514. The molecule has 0 radical (unpaired) electrons. The van der Waals surface area contributed by atoms with Gasteiger partial charge in [0.05, 0.1) is 30.2 Å². The van der Waals surface area contributed by atoms with E-state index in [-0.39, 0.29) is 6.10 Å². The van der Waals surface area contributed by atoms with Gasteiger partial charge in [-0.25, -0.2) is 4.98 Å². The average molecular weight is 266 g/mol. The third kappa shape index (κ3) is 3.41. The van der Waals surface area contributed by atoms with Crippen LogP contribution in [0, 0.1) is 0 Å². The first-order valence-corrected chi connectivity index (χ1v) is 6.89. The van der Waals surface area contributed by atoms with E-state index in [0.717, 1.165) is 10.7 Å². The summed E-state index contributed by atoms with van der Waals surface area (Å²) in [5.74, 6) is 0.897. The van der Waals surface area contributed by atoms with Crippen LogP contribution in [0.5, 0.6) is 0 Å². The monoisotopic (exact) mass is 266 g/mol. The SMILES string of the molecule is CC(C)OCC(O)Cn1ccnc1-c1cccs1. The van der Waals surface area contributed by atoms with Gasteiger partial charge in [-0.05, 0) is 25.3 Å². The van der Waals surface area contributed by atoms with Gasteiger partial charge in [0, 0.05) is 12.4 Å². The molecule has 0 fully saturated rings. The zero-order valence-electron chi connectivity index (χ0n) is 10.6. The summed E-state index contributed by atoms with van der Waals surface area (Å²) in [5.41, 5.74) is 0. The Balaban J connectivity index is 2.00. The molecular formula is C13H18N2O2S. The predicted molar refractivity (Wildman–Crippen MR) is 72.6 cm³/mol. The Bertz CT molecular complexity index is 465. The molecule has 0 aliphatic rings. The number of thiophene rings is 1. The highest BCUT2D eigenvalue weighted by Crippen LogP contribution is 2.22. The van der Waals surface area contributed by atoms with Crippen molar-refractivity contribution in [2.24, 2.45) is 0 Å². The maximum absolute atomic E-state index is 9.92. The highest BCUT2D eigenvalue weighted by Gasteiger charge is 2.11. The standard InChI is InChI=1S/C13H18N2O2S/c1-10(2)17-9-11(16)8-15-6-5-14-13(15)12-4-3-7-18-12/h3-7,10-11,16H,8-9H2,1-2H3. The van der Waals surface area contributed by atoms with E-state index >= 15 is 0 Å². The molecule has 2 heterocycles. The third-order valence-corrected chi connectivity index (χ3v) is 3.35. The fourth-order valence-corrected chi connectivity index (χ4v) is 2.41. The topological polar surface area (TPSA) is 47.3 Å². The molecule has 2 aromatic rings. The van der Waals surface area contributed by atoms with Crippen molar-refractivity contribution in [2.45, 2.75) is 32.6 Å². The number of nitrogens with zero attached hydrogens (tertiary/aromatic N) is 2. The molecule has 0 saturated carbocycles. The van der Waals surface area contributed by atoms with Crippen LogP contribution in [0.2, 0.25) is 0 Å². The van der Waals surface area contributed by atoms with Gasteiger partial charge < -0.3 is 14.4 Å². The number of aromatic nitrogens is 2. The maximum atomic E-state index is 9.92. The Hall–Kier alpha value is -1.17. The first-order chi connectivity index (χ1) is 8.66. The van der Waals surface area contributed by atoms with Crippen LogP contribution in [0.4, 0.5) is 0 Å². The summed E-state index contributed by atoms with van der Waals surface area (Å²) in [6.45, 7) is 4.77. The number of hydrogen-bond acceptors (Lipinski definition) is 4. The number of aliphatic hydroxyl groups excluding tert-OH is 1. The van der Waals surface area contributed by atoms with Gasteiger partial charge in [-0.2, -0.15) is 0 Å². The largest absolute Gasteiger partial charge is 0.389 e. The highest BCUT2D eigenvalue weighted by molar-refractivity contribution is 7.13. The molecule has 0 aliphatic heterocycles. The normalized spacial score (nSPS) is 13.1. The second-order valence-electron chi connectivity index (χ2n) is 4.42. The van der Waals surface area contributed by atoms with Crippen molar-refractivity contribution in [3.63, 3.8) is 0 Å². The minimum Gasteiger partial charge on any atom is -0.389 e. The first-order valence-electron chi connectivity index (χ1n) is 6.01. The summed E-state index contributed by atoms with van der Waals surface area (Å²) in [4.78, 5) is 5.44. The van der Waals surface area contributed by atoms with E-state index in [2.05, 4.69) is 4.98 Å². The smallest absolute Gasteiger partial charge is 0.150 e. The van der Waals surface area contributed by atoms with Gasteiger partial charge >= 0.3 is 0 Å². The highest BCUT2D eigenvalue weighted by atomic mass is 32.1. The van der Waals surface area contributed by atoms with Crippen LogP contribution in [-0.2, 0) is 11.3 Å². The number of rotatable bonds is 6. The van der Waals surface area contributed by atoms with Crippen molar-refractivity contribution < 1.29 is 9.84 Å². The molecule has 0 amide bonds. The Morgan fingerprint density at radius 2 is 2.33 bits per heavy atom. The zero-order chi connectivity index (χ0) is 13.0. The second kappa shape index (κ2) is 6.13. The van der Waals surface area contributed by atoms with Crippen molar-refractivity contribution in [3.05, 3.63) is 29.9 Å². The Morgan fingerprint density at radius 1 is 1.50 bits per heavy atom. The molecule has 0 saturated heterocycles. The fraction of sp³-hybridized carbons (Fsp3) is 0.462. The van der Waals surface area contributed by atoms with Gasteiger partial charge in [0.15, 0.2) is 0 Å². The summed E-state index contributed by atoms with van der Waals surface area (Å²) in [7, 11) is 0. The molecular weight excluding hydrogens is 248 g/mol. The fourth-order valence-electron chi connectivity index (χ4n) is 1.67. The second-order valence-corrected chi connectivity index (χ2v) is 5.36. The summed E-state index contributed by atoms with van der Waals surface area (Å²) < 4.78 is 7.36. The molecule has 0 spiro atoms. The third-order valence-electron chi connectivity index (χ3n) is 2.49. The number of ether oxygens (including phenoxy) is 1. The van der Waals surface area contributed by atoms with Crippen molar-refractivity contribution in [1.82, 2.24) is 9.55 Å². The average Bonchev–Trinajstić information content (AvgIpc) is 2.95. The van der Waals surface area contributed by atoms with Crippen LogP contribution in [0.3, 0.4) is 0 Å². The maximum Gasteiger partial charge on any atom is 0.150 e. The number of imidazole rings is 1. The van der Waals surface area contributed by atoms with Crippen LogP contribution in [0.15, 0.2) is 29.9 Å². The van der Waals surface area contributed by atoms with E-state index in [1.807, 2.05) is 42.1 Å². The summed E-state index contributed by atoms with van der Waals surface area (Å²) in [6, 6.07) is 4.03. The van der Waals surface area contributed by atoms with Crippen LogP contribution in [0.1, 0.15) is 13.8 Å². The van der Waals surface area contributed by atoms with Gasteiger partial charge in [0.25, 0.3) is 0 Å². The molecule has 0 aromatic carbocycles. The molecule has 98 valence electrons. The van der Waals surface area contributed by atoms with Crippen molar-refractivity contribution in [3.8, 4) is 10.7 Å². The van der Waals surface area contributed by atoms with Gasteiger partial charge in [0.2, 0.25) is 0 Å². The predicted octanol–water partition coefficient (Wildman–Crippen LogP) is 2.40. The van der Waals surface area contributed by atoms with E-state index in [1.54, 1.807) is 17.5 Å². The molecule has 4 nitrogen and oxygen atoms in total. The lowest BCUT2D eigenvalue weighted by Crippen LogP contribution is -2.23. The minimum absolute atomic E-state index is 0.138. The lowest BCUT2D eigenvalue weighted by Gasteiger charge is -2.15. The molecule has 1 N–H and O–H groups in total. The molecule has 5 heteroatoms. The lowest BCUT2D eigenvalue weighted by molar-refractivity contribution is -0.000525. The Morgan fingerprint density at radius 3 is 3.00 bits per heavy atom. The zero-order valence-corrected chi connectivity index (χ0v) is 11.4. The number of hydrogen-bond donors (Lipinski definition) is 1. The van der Waals surface area contributed by atoms with Crippen LogP contribution in [0.25, 0.3) is 10.7 Å². The summed E-state index contributed by atoms with van der Waals surface area (Å²) >= 11 is 1.64. The molecule has 2 aromatic heterocycles. The van der Waals surface area contributed by atoms with Gasteiger partial charge in [-0.15, -0.1) is 11.3 Å². The first kappa shape index (κ1) is 13.3. The van der Waals surface area contributed by atoms with E-state index < -0.39 is 6.10 Å². The van der Waals surface area contributed by atoms with E-state index in [4.69, 9.17) is 4.74 Å². The quantitative estimate of drug-likeness (QED) is 0.873. The van der Waals surface area contributed by atoms with Crippen LogP contribution >= 0.6 is 11.3 Å². The summed E-state index contributed by atoms with van der Waals surface area (Å²) in [6.07, 6.45) is 3.26. The van der Waals surface area contributed by atoms with Crippen LogP contribution in [-0.4, -0.2) is 33.5 Å². The van der Waals surface area contributed by atoms with E-state index in [1.165, 1.54) is 0 Å². The molecule has 1 unspecified atom stereocenters. The molecule has 18 heavy (non-hydrogen) atoms. The molecule has 1 atom stereocenters. The lowest BCUT2D eigenvalue weighted by atomic mass is 10.3. The van der Waals surface area contributed by atoms with Crippen LogP contribution < -0.4 is 0 Å². The van der Waals surface area contributed by atoms with E-state index in [9.17, 15) is 5.11 Å². The van der Waals surface area contributed by atoms with Gasteiger partial charge in [0.1, 0.15) is 5.82 Å². The summed E-state index contributed by atoms with van der Waals surface area (Å²) in [5, 5.41) is 11.9. The van der Waals surface area contributed by atoms with Gasteiger partial charge in [-0.1, -0.05) is 6.07 Å². The molecule has 2 rings (SSSR count). The molecule has 0 bridgehead atoms. The van der Waals surface area contributed by atoms with Crippen molar-refractivity contribution in [2.75, 3.05) is 6.61 Å². The van der Waals surface area contributed by atoms with Crippen molar-refractivity contribution >= 4 is 11.3 Å². The Labute approximate surface area is 111 Å².